The smallest absolute Gasteiger partial charge is 0.196 e. The number of hydrogen-bond acceptors (Lipinski definition) is 5. The van der Waals surface area contributed by atoms with Gasteiger partial charge in [0.1, 0.15) is 13.5 Å². The lowest BCUT2D eigenvalue weighted by Gasteiger charge is -2.25. The molecule has 0 spiro atoms. The lowest BCUT2D eigenvalue weighted by atomic mass is 9.91. The Kier molecular flexibility index (Phi) is 2.29. The van der Waals surface area contributed by atoms with E-state index in [2.05, 4.69) is 5.32 Å². The van der Waals surface area contributed by atoms with Gasteiger partial charge in [0.2, 0.25) is 0 Å². The molecule has 1 aliphatic rings. The maximum Gasteiger partial charge on any atom is 0.196 e. The second-order valence-electron chi connectivity index (χ2n) is 4.34. The average Bonchev–Trinajstić information content (AvgIpc) is 2.42. The molecule has 0 saturated heterocycles. The van der Waals surface area contributed by atoms with Crippen LogP contribution in [0.3, 0.4) is 0 Å². The highest BCUT2D eigenvalue weighted by Gasteiger charge is 2.28. The minimum Gasteiger partial charge on any atom is -0.505 e. The van der Waals surface area contributed by atoms with Crippen molar-refractivity contribution in [3.05, 3.63) is 23.8 Å². The Morgan fingerprint density at radius 2 is 1.79 bits per heavy atom. The van der Waals surface area contributed by atoms with Crippen molar-refractivity contribution in [2.75, 3.05) is 5.32 Å². The standard InChI is InChI=1S/C13H10BNO4/c1-5-3-2-4-6-8(5)15-9-12(18)10(16)7(14)11(17)13(9)19-6/h2-4,15-18H,1H3. The van der Waals surface area contributed by atoms with Gasteiger partial charge in [0.25, 0.3) is 0 Å². The maximum atomic E-state index is 9.88. The molecule has 0 aliphatic carbocycles. The van der Waals surface area contributed by atoms with Crippen LogP contribution in [0.4, 0.5) is 11.4 Å². The average molecular weight is 255 g/mol. The third-order valence-electron chi connectivity index (χ3n) is 3.11. The molecule has 0 amide bonds. The number of hydrogen-bond donors (Lipinski definition) is 4. The molecule has 5 nitrogen and oxygen atoms in total. The van der Waals surface area contributed by atoms with Gasteiger partial charge in [-0.05, 0) is 24.0 Å². The largest absolute Gasteiger partial charge is 0.505 e. The van der Waals surface area contributed by atoms with Crippen LogP contribution in [-0.2, 0) is 0 Å². The fourth-order valence-corrected chi connectivity index (χ4v) is 2.04. The third-order valence-corrected chi connectivity index (χ3v) is 3.11. The van der Waals surface area contributed by atoms with E-state index in [1.54, 1.807) is 6.07 Å². The van der Waals surface area contributed by atoms with Crippen molar-refractivity contribution in [2.45, 2.75) is 6.92 Å². The van der Waals surface area contributed by atoms with Crippen LogP contribution < -0.4 is 15.5 Å². The molecule has 3 rings (SSSR count). The van der Waals surface area contributed by atoms with Gasteiger partial charge in [-0.2, -0.15) is 0 Å². The number of benzene rings is 2. The first-order valence-corrected chi connectivity index (χ1v) is 5.61. The summed E-state index contributed by atoms with van der Waals surface area (Å²) >= 11 is 0. The quantitative estimate of drug-likeness (QED) is 0.279. The van der Waals surface area contributed by atoms with Crippen LogP contribution in [0.15, 0.2) is 18.2 Å². The zero-order valence-corrected chi connectivity index (χ0v) is 10.1. The van der Waals surface area contributed by atoms with Gasteiger partial charge >= 0.3 is 0 Å². The molecular weight excluding hydrogens is 245 g/mol. The summed E-state index contributed by atoms with van der Waals surface area (Å²) < 4.78 is 5.54. The molecule has 4 N–H and O–H groups in total. The first-order valence-electron chi connectivity index (χ1n) is 5.61. The second-order valence-corrected chi connectivity index (χ2v) is 4.34. The Morgan fingerprint density at radius 3 is 2.53 bits per heavy atom. The second kappa shape index (κ2) is 3.75. The lowest BCUT2D eigenvalue weighted by molar-refractivity contribution is 0.383. The highest BCUT2D eigenvalue weighted by Crippen LogP contribution is 2.53. The normalized spacial score (nSPS) is 12.1. The predicted molar refractivity (Wildman–Crippen MR) is 71.4 cm³/mol. The number of anilines is 2. The van der Waals surface area contributed by atoms with E-state index >= 15 is 0 Å². The lowest BCUT2D eigenvalue weighted by Crippen LogP contribution is -2.11. The van der Waals surface area contributed by atoms with Crippen LogP contribution >= 0.6 is 0 Å². The van der Waals surface area contributed by atoms with Crippen molar-refractivity contribution in [2.24, 2.45) is 0 Å². The molecular formula is C13H10BNO4. The van der Waals surface area contributed by atoms with Crippen molar-refractivity contribution >= 4 is 24.7 Å². The zero-order valence-electron chi connectivity index (χ0n) is 10.1. The van der Waals surface area contributed by atoms with Crippen molar-refractivity contribution in [3.63, 3.8) is 0 Å². The van der Waals surface area contributed by atoms with E-state index in [1.807, 2.05) is 19.1 Å². The third kappa shape index (κ3) is 1.49. The van der Waals surface area contributed by atoms with E-state index in [4.69, 9.17) is 12.6 Å². The fourth-order valence-electron chi connectivity index (χ4n) is 2.04. The molecule has 1 heterocycles. The summed E-state index contributed by atoms with van der Waals surface area (Å²) in [6.45, 7) is 1.87. The Bertz CT molecular complexity index is 700. The number of phenols is 3. The fraction of sp³-hybridized carbons (Fsp3) is 0.0769. The van der Waals surface area contributed by atoms with Gasteiger partial charge in [0.05, 0.1) is 5.69 Å². The minimum absolute atomic E-state index is 0.00843. The first-order chi connectivity index (χ1) is 9.00. The van der Waals surface area contributed by atoms with Crippen molar-refractivity contribution in [3.8, 4) is 28.7 Å². The number of para-hydroxylation sites is 1. The van der Waals surface area contributed by atoms with Gasteiger partial charge in [-0.15, -0.1) is 0 Å². The Labute approximate surface area is 110 Å². The van der Waals surface area contributed by atoms with Gasteiger partial charge in [-0.3, -0.25) is 0 Å². The number of aromatic hydroxyl groups is 3. The molecule has 0 aromatic heterocycles. The molecule has 19 heavy (non-hydrogen) atoms. The predicted octanol–water partition coefficient (Wildman–Crippen LogP) is 1.75. The van der Waals surface area contributed by atoms with Crippen LogP contribution in [0.2, 0.25) is 0 Å². The molecule has 2 aromatic carbocycles. The number of aryl methyl sites for hydroxylation is 1. The molecule has 1 aliphatic heterocycles. The van der Waals surface area contributed by atoms with E-state index in [9.17, 15) is 15.3 Å². The number of nitrogens with one attached hydrogen (secondary N) is 1. The Morgan fingerprint density at radius 1 is 1.05 bits per heavy atom. The molecule has 6 heteroatoms. The minimum atomic E-state index is -0.579. The molecule has 2 aromatic rings. The summed E-state index contributed by atoms with van der Waals surface area (Å²) in [5, 5.41) is 32.3. The molecule has 0 saturated carbocycles. The number of phenolic OH excluding ortho intramolecular Hbond substituents is 3. The topological polar surface area (TPSA) is 82.0 Å². The van der Waals surface area contributed by atoms with Gasteiger partial charge in [-0.25, -0.2) is 0 Å². The van der Waals surface area contributed by atoms with Gasteiger partial charge in [-0.1, -0.05) is 12.1 Å². The van der Waals surface area contributed by atoms with Gasteiger partial charge < -0.3 is 25.4 Å². The highest BCUT2D eigenvalue weighted by molar-refractivity contribution is 6.37. The van der Waals surface area contributed by atoms with Crippen molar-refractivity contribution in [1.82, 2.24) is 0 Å². The Balaban J connectivity index is 2.26. The molecule has 0 unspecified atom stereocenters. The Hall–Kier alpha value is -2.50. The molecule has 2 radical (unpaired) electrons. The molecule has 0 fully saturated rings. The van der Waals surface area contributed by atoms with Crippen molar-refractivity contribution < 1.29 is 20.1 Å². The van der Waals surface area contributed by atoms with E-state index in [0.29, 0.717) is 11.4 Å². The number of rotatable bonds is 0. The molecule has 0 atom stereocenters. The number of fused-ring (bicyclic) bond motifs is 2. The van der Waals surface area contributed by atoms with Gasteiger partial charge in [0.15, 0.2) is 28.7 Å². The first kappa shape index (κ1) is 11.6. The summed E-state index contributed by atoms with van der Waals surface area (Å²) in [4.78, 5) is 0. The summed E-state index contributed by atoms with van der Waals surface area (Å²) in [5.74, 6) is -0.952. The number of ether oxygens (including phenoxy) is 1. The molecule has 94 valence electrons. The summed E-state index contributed by atoms with van der Waals surface area (Å²) in [6, 6.07) is 5.40. The van der Waals surface area contributed by atoms with Crippen molar-refractivity contribution in [1.29, 1.82) is 0 Å². The highest BCUT2D eigenvalue weighted by atomic mass is 16.5. The van der Waals surface area contributed by atoms with E-state index in [0.717, 1.165) is 5.56 Å². The summed E-state index contributed by atoms with van der Waals surface area (Å²) in [6.07, 6.45) is 0. The van der Waals surface area contributed by atoms with Crippen LogP contribution in [0, 0.1) is 6.92 Å². The summed E-state index contributed by atoms with van der Waals surface area (Å²) in [5.41, 5.74) is 1.33. The van der Waals surface area contributed by atoms with Crippen LogP contribution in [0.25, 0.3) is 0 Å². The zero-order chi connectivity index (χ0) is 13.7. The van der Waals surface area contributed by atoms with Crippen LogP contribution in [0.1, 0.15) is 5.56 Å². The monoisotopic (exact) mass is 255 g/mol. The van der Waals surface area contributed by atoms with Crippen LogP contribution in [0.5, 0.6) is 28.7 Å². The van der Waals surface area contributed by atoms with Gasteiger partial charge in [0, 0.05) is 0 Å². The SMILES string of the molecule is [B]c1c(O)c(O)c2c(c1O)Oc1cccc(C)c1N2. The van der Waals surface area contributed by atoms with E-state index in [1.165, 1.54) is 0 Å². The van der Waals surface area contributed by atoms with Crippen LogP contribution in [-0.4, -0.2) is 23.2 Å². The summed E-state index contributed by atoms with van der Waals surface area (Å²) in [7, 11) is 5.49. The van der Waals surface area contributed by atoms with E-state index in [-0.39, 0.29) is 16.9 Å². The maximum absolute atomic E-state index is 9.88. The van der Waals surface area contributed by atoms with E-state index < -0.39 is 17.2 Å². The molecule has 0 bridgehead atoms.